The second-order valence-corrected chi connectivity index (χ2v) is 8.42. The molecule has 3 aromatic rings. The fourth-order valence-corrected chi connectivity index (χ4v) is 4.57. The van der Waals surface area contributed by atoms with E-state index in [-0.39, 0.29) is 11.9 Å². The molecule has 2 heterocycles. The molecule has 1 aliphatic rings. The van der Waals surface area contributed by atoms with E-state index in [1.165, 1.54) is 0 Å². The Labute approximate surface area is 182 Å². The number of aromatic nitrogens is 2. The van der Waals surface area contributed by atoms with Crippen molar-refractivity contribution in [1.29, 1.82) is 0 Å². The fourth-order valence-electron chi connectivity index (χ4n) is 4.20. The van der Waals surface area contributed by atoms with E-state index in [0.717, 1.165) is 54.0 Å². The van der Waals surface area contributed by atoms with Gasteiger partial charge in [0.25, 0.3) is 0 Å². The molecule has 0 spiro atoms. The van der Waals surface area contributed by atoms with Gasteiger partial charge in [0.1, 0.15) is 5.82 Å². The van der Waals surface area contributed by atoms with Gasteiger partial charge in [-0.15, -0.1) is 0 Å². The topological polar surface area (TPSA) is 61.0 Å². The van der Waals surface area contributed by atoms with Gasteiger partial charge in [-0.2, -0.15) is 0 Å². The van der Waals surface area contributed by atoms with Crippen LogP contribution in [-0.2, 0) is 4.79 Å². The van der Waals surface area contributed by atoms with Gasteiger partial charge < -0.3 is 10.3 Å². The Balaban J connectivity index is 1.48. The van der Waals surface area contributed by atoms with Gasteiger partial charge in [-0.25, -0.2) is 4.98 Å². The Morgan fingerprint density at radius 2 is 2.03 bits per heavy atom. The van der Waals surface area contributed by atoms with Gasteiger partial charge in [0.05, 0.1) is 35.2 Å². The van der Waals surface area contributed by atoms with Gasteiger partial charge >= 0.3 is 0 Å². The maximum atomic E-state index is 12.8. The zero-order valence-corrected chi connectivity index (χ0v) is 18.2. The summed E-state index contributed by atoms with van der Waals surface area (Å²) in [5, 5.41) is 3.59. The van der Waals surface area contributed by atoms with E-state index in [2.05, 4.69) is 32.3 Å². The number of carbonyl (C=O) groups excluding carboxylic acids is 1. The van der Waals surface area contributed by atoms with E-state index in [1.54, 1.807) is 0 Å². The molecule has 2 N–H and O–H groups in total. The third kappa shape index (κ3) is 4.58. The molecular weight excluding hydrogens is 396 g/mol. The number of aromatic amines is 1. The molecular formula is C24H27ClN4O. The number of hydrogen-bond donors (Lipinski definition) is 2. The van der Waals surface area contributed by atoms with Crippen molar-refractivity contribution in [3.8, 4) is 11.3 Å². The van der Waals surface area contributed by atoms with E-state index in [4.69, 9.17) is 11.6 Å². The summed E-state index contributed by atoms with van der Waals surface area (Å²) in [5.74, 6) is 0.872. The maximum Gasteiger partial charge on any atom is 0.238 e. The monoisotopic (exact) mass is 422 g/mol. The van der Waals surface area contributed by atoms with Crippen LogP contribution in [0.5, 0.6) is 0 Å². The smallest absolute Gasteiger partial charge is 0.238 e. The van der Waals surface area contributed by atoms with Gasteiger partial charge in [0.2, 0.25) is 5.91 Å². The number of rotatable bonds is 5. The number of hydrogen-bond acceptors (Lipinski definition) is 3. The molecule has 156 valence electrons. The molecule has 1 atom stereocenters. The van der Waals surface area contributed by atoms with Gasteiger partial charge in [-0.05, 0) is 56.0 Å². The molecule has 6 heteroatoms. The zero-order valence-electron chi connectivity index (χ0n) is 17.4. The molecule has 1 aromatic heterocycles. The average Bonchev–Trinajstić information content (AvgIpc) is 3.22. The van der Waals surface area contributed by atoms with E-state index in [1.807, 2.05) is 50.4 Å². The first-order valence-corrected chi connectivity index (χ1v) is 10.8. The van der Waals surface area contributed by atoms with Crippen molar-refractivity contribution in [2.45, 2.75) is 39.2 Å². The van der Waals surface area contributed by atoms with Gasteiger partial charge in [-0.1, -0.05) is 54.4 Å². The predicted molar refractivity (Wildman–Crippen MR) is 122 cm³/mol. The summed E-state index contributed by atoms with van der Waals surface area (Å²) in [4.78, 5) is 23.2. The van der Waals surface area contributed by atoms with Crippen LogP contribution in [0.2, 0.25) is 5.02 Å². The third-order valence-electron chi connectivity index (χ3n) is 5.65. The Morgan fingerprint density at radius 3 is 2.80 bits per heavy atom. The minimum Gasteiger partial charge on any atom is -0.341 e. The first-order valence-electron chi connectivity index (χ1n) is 10.4. The minimum absolute atomic E-state index is 0.0504. The molecule has 0 bridgehead atoms. The Bertz CT molecular complexity index is 1010. The summed E-state index contributed by atoms with van der Waals surface area (Å²) in [6.07, 6.45) is 5.08. The Hall–Kier alpha value is -2.63. The number of anilines is 1. The number of benzene rings is 2. The predicted octanol–water partition coefficient (Wildman–Crippen LogP) is 5.51. The quantitative estimate of drug-likeness (QED) is 0.569. The van der Waals surface area contributed by atoms with E-state index < -0.39 is 0 Å². The molecule has 5 nitrogen and oxygen atoms in total. The number of H-pyrrole nitrogens is 1. The molecule has 2 aromatic carbocycles. The summed E-state index contributed by atoms with van der Waals surface area (Å²) in [6.45, 7) is 5.15. The number of halogens is 1. The van der Waals surface area contributed by atoms with Crippen LogP contribution in [0.1, 0.15) is 42.3 Å². The molecule has 4 rings (SSSR count). The standard InChI is InChI=1S/C24H27ClN4O/c1-16-12-17(2)23(19(25)13-16)28-22(30)15-29-11-7-6-10-21(29)24-26-14-20(27-24)18-8-4-3-5-9-18/h3-5,8-9,12-14,21H,6-7,10-11,15H2,1-2H3,(H,26,27)(H,28,30)/t21-/m1/s1. The van der Waals surface area contributed by atoms with Crippen LogP contribution in [0, 0.1) is 13.8 Å². The maximum absolute atomic E-state index is 12.8. The fraction of sp³-hybridized carbons (Fsp3) is 0.333. The number of carbonyl (C=O) groups is 1. The Morgan fingerprint density at radius 1 is 1.23 bits per heavy atom. The zero-order chi connectivity index (χ0) is 21.1. The second-order valence-electron chi connectivity index (χ2n) is 8.02. The van der Waals surface area contributed by atoms with Crippen molar-refractivity contribution < 1.29 is 4.79 Å². The van der Waals surface area contributed by atoms with Crippen LogP contribution in [-0.4, -0.2) is 33.9 Å². The normalized spacial score (nSPS) is 17.1. The van der Waals surface area contributed by atoms with Crippen molar-refractivity contribution in [3.05, 3.63) is 70.6 Å². The third-order valence-corrected chi connectivity index (χ3v) is 5.95. The lowest BCUT2D eigenvalue weighted by Crippen LogP contribution is -2.39. The van der Waals surface area contributed by atoms with Crippen LogP contribution >= 0.6 is 11.6 Å². The molecule has 1 amide bonds. The van der Waals surface area contributed by atoms with Gasteiger partial charge in [0.15, 0.2) is 0 Å². The number of piperidine rings is 1. The van der Waals surface area contributed by atoms with Crippen molar-refractivity contribution in [1.82, 2.24) is 14.9 Å². The van der Waals surface area contributed by atoms with Crippen LogP contribution in [0.15, 0.2) is 48.7 Å². The summed E-state index contributed by atoms with van der Waals surface area (Å²) >= 11 is 6.36. The number of aryl methyl sites for hydroxylation is 2. The highest BCUT2D eigenvalue weighted by Gasteiger charge is 2.28. The van der Waals surface area contributed by atoms with Gasteiger partial charge in [0, 0.05) is 0 Å². The van der Waals surface area contributed by atoms with E-state index in [9.17, 15) is 4.79 Å². The number of nitrogens with one attached hydrogen (secondary N) is 2. The van der Waals surface area contributed by atoms with E-state index in [0.29, 0.717) is 17.3 Å². The Kier molecular flexibility index (Phi) is 6.21. The summed E-state index contributed by atoms with van der Waals surface area (Å²) in [7, 11) is 0. The van der Waals surface area contributed by atoms with Crippen molar-refractivity contribution in [3.63, 3.8) is 0 Å². The lowest BCUT2D eigenvalue weighted by Gasteiger charge is -2.34. The summed E-state index contributed by atoms with van der Waals surface area (Å²) in [5.41, 5.74) is 4.87. The molecule has 0 radical (unpaired) electrons. The van der Waals surface area contributed by atoms with Crippen LogP contribution in [0.4, 0.5) is 5.69 Å². The first kappa shape index (κ1) is 20.6. The van der Waals surface area contributed by atoms with Crippen molar-refractivity contribution in [2.24, 2.45) is 0 Å². The van der Waals surface area contributed by atoms with Crippen molar-refractivity contribution >= 4 is 23.2 Å². The highest BCUT2D eigenvalue weighted by Crippen LogP contribution is 2.31. The molecule has 1 saturated heterocycles. The number of amides is 1. The lowest BCUT2D eigenvalue weighted by molar-refractivity contribution is -0.118. The molecule has 0 saturated carbocycles. The molecule has 30 heavy (non-hydrogen) atoms. The number of imidazole rings is 1. The molecule has 0 unspecified atom stereocenters. The highest BCUT2D eigenvalue weighted by molar-refractivity contribution is 6.34. The van der Waals surface area contributed by atoms with Crippen LogP contribution in [0.3, 0.4) is 0 Å². The molecule has 0 aliphatic carbocycles. The van der Waals surface area contributed by atoms with Gasteiger partial charge in [-0.3, -0.25) is 9.69 Å². The summed E-state index contributed by atoms with van der Waals surface area (Å²) in [6, 6.07) is 14.2. The minimum atomic E-state index is -0.0504. The molecule has 1 aliphatic heterocycles. The molecule has 1 fully saturated rings. The lowest BCUT2D eigenvalue weighted by atomic mass is 10.0. The first-order chi connectivity index (χ1) is 14.5. The van der Waals surface area contributed by atoms with Crippen LogP contribution in [0.25, 0.3) is 11.3 Å². The SMILES string of the molecule is Cc1cc(C)c(NC(=O)CN2CCCC[C@@H]2c2ncc(-c3ccccc3)[nH]2)c(Cl)c1. The number of nitrogens with zero attached hydrogens (tertiary/aromatic N) is 2. The van der Waals surface area contributed by atoms with Crippen molar-refractivity contribution in [2.75, 3.05) is 18.4 Å². The second kappa shape index (κ2) is 9.02. The van der Waals surface area contributed by atoms with E-state index >= 15 is 0 Å². The number of likely N-dealkylation sites (tertiary alicyclic amines) is 1. The summed E-state index contributed by atoms with van der Waals surface area (Å²) < 4.78 is 0. The largest absolute Gasteiger partial charge is 0.341 e. The average molecular weight is 423 g/mol. The van der Waals surface area contributed by atoms with Crippen LogP contribution < -0.4 is 5.32 Å². The highest BCUT2D eigenvalue weighted by atomic mass is 35.5.